The van der Waals surface area contributed by atoms with Crippen LogP contribution in [0.25, 0.3) is 0 Å². The molecule has 1 heterocycles. The SMILES string of the molecule is Cc1cccc(NC(=O)CN2C(=O)[C@](O)(c3cccc(Cl)c3)c3ccccc32)c1C. The Morgan fingerprint density at radius 2 is 1.80 bits per heavy atom. The van der Waals surface area contributed by atoms with Crippen molar-refractivity contribution in [1.82, 2.24) is 0 Å². The third-order valence-corrected chi connectivity index (χ3v) is 5.80. The molecule has 6 heteroatoms. The van der Waals surface area contributed by atoms with E-state index in [0.717, 1.165) is 11.1 Å². The van der Waals surface area contributed by atoms with Gasteiger partial charge in [-0.15, -0.1) is 0 Å². The van der Waals surface area contributed by atoms with Gasteiger partial charge in [0.2, 0.25) is 5.91 Å². The van der Waals surface area contributed by atoms with E-state index in [9.17, 15) is 14.7 Å². The lowest BCUT2D eigenvalue weighted by atomic mass is 9.87. The van der Waals surface area contributed by atoms with Crippen LogP contribution in [-0.2, 0) is 15.2 Å². The maximum atomic E-state index is 13.4. The minimum atomic E-state index is -1.90. The summed E-state index contributed by atoms with van der Waals surface area (Å²) >= 11 is 6.10. The molecule has 0 bridgehead atoms. The fraction of sp³-hybridized carbons (Fsp3) is 0.167. The van der Waals surface area contributed by atoms with E-state index in [1.54, 1.807) is 48.5 Å². The highest BCUT2D eigenvalue weighted by Gasteiger charge is 2.51. The second kappa shape index (κ2) is 7.59. The third kappa shape index (κ3) is 3.26. The summed E-state index contributed by atoms with van der Waals surface area (Å²) in [6.45, 7) is 3.68. The van der Waals surface area contributed by atoms with Crippen molar-refractivity contribution in [3.05, 3.63) is 94.0 Å². The summed E-state index contributed by atoms with van der Waals surface area (Å²) in [5, 5.41) is 14.8. The number of para-hydroxylation sites is 1. The van der Waals surface area contributed by atoms with Gasteiger partial charge in [0.25, 0.3) is 5.91 Å². The number of aryl methyl sites for hydroxylation is 1. The average Bonchev–Trinajstić information content (AvgIpc) is 2.94. The molecule has 2 N–H and O–H groups in total. The minimum absolute atomic E-state index is 0.216. The van der Waals surface area contributed by atoms with E-state index in [1.165, 1.54) is 4.90 Å². The molecule has 2 amide bonds. The lowest BCUT2D eigenvalue weighted by Crippen LogP contribution is -2.44. The minimum Gasteiger partial charge on any atom is -0.372 e. The summed E-state index contributed by atoms with van der Waals surface area (Å²) in [6, 6.07) is 19.2. The molecule has 5 nitrogen and oxygen atoms in total. The molecule has 0 radical (unpaired) electrons. The van der Waals surface area contributed by atoms with Crippen molar-refractivity contribution in [2.75, 3.05) is 16.8 Å². The third-order valence-electron chi connectivity index (χ3n) is 5.56. The van der Waals surface area contributed by atoms with Gasteiger partial charge >= 0.3 is 0 Å². The van der Waals surface area contributed by atoms with Gasteiger partial charge in [0, 0.05) is 16.3 Å². The monoisotopic (exact) mass is 420 g/mol. The van der Waals surface area contributed by atoms with Crippen LogP contribution in [0, 0.1) is 13.8 Å². The first-order valence-corrected chi connectivity index (χ1v) is 9.96. The number of carbonyl (C=O) groups is 2. The number of hydrogen-bond acceptors (Lipinski definition) is 3. The zero-order valence-electron chi connectivity index (χ0n) is 16.6. The van der Waals surface area contributed by atoms with Crippen molar-refractivity contribution >= 4 is 34.8 Å². The Morgan fingerprint density at radius 3 is 2.57 bits per heavy atom. The number of nitrogens with one attached hydrogen (secondary N) is 1. The Labute approximate surface area is 179 Å². The number of nitrogens with zero attached hydrogens (tertiary/aromatic N) is 1. The highest BCUT2D eigenvalue weighted by Crippen LogP contribution is 2.44. The van der Waals surface area contributed by atoms with Crippen molar-refractivity contribution in [3.63, 3.8) is 0 Å². The molecule has 0 fully saturated rings. The van der Waals surface area contributed by atoms with Crippen LogP contribution in [0.5, 0.6) is 0 Å². The predicted molar refractivity (Wildman–Crippen MR) is 118 cm³/mol. The number of fused-ring (bicyclic) bond motifs is 1. The van der Waals surface area contributed by atoms with Gasteiger partial charge in [-0.25, -0.2) is 0 Å². The normalized spacial score (nSPS) is 17.7. The van der Waals surface area contributed by atoms with E-state index in [-0.39, 0.29) is 12.5 Å². The second-order valence-corrected chi connectivity index (χ2v) is 7.86. The molecule has 1 aliphatic rings. The average molecular weight is 421 g/mol. The molecule has 0 saturated carbocycles. The Hall–Kier alpha value is -3.15. The molecule has 0 saturated heterocycles. The van der Waals surface area contributed by atoms with Gasteiger partial charge in [0.15, 0.2) is 5.60 Å². The number of halogens is 1. The highest BCUT2D eigenvalue weighted by molar-refractivity contribution is 6.30. The molecular weight excluding hydrogens is 400 g/mol. The van der Waals surface area contributed by atoms with Crippen LogP contribution in [0.15, 0.2) is 66.7 Å². The van der Waals surface area contributed by atoms with Gasteiger partial charge in [-0.05, 0) is 54.8 Å². The molecule has 4 rings (SSSR count). The van der Waals surface area contributed by atoms with E-state index in [4.69, 9.17) is 11.6 Å². The molecule has 0 spiro atoms. The van der Waals surface area contributed by atoms with E-state index in [0.29, 0.717) is 27.5 Å². The molecule has 0 unspecified atom stereocenters. The lowest BCUT2D eigenvalue weighted by Gasteiger charge is -2.24. The fourth-order valence-corrected chi connectivity index (χ4v) is 3.99. The Kier molecular flexibility index (Phi) is 5.10. The molecule has 1 atom stereocenters. The molecule has 1 aliphatic heterocycles. The fourth-order valence-electron chi connectivity index (χ4n) is 3.80. The van der Waals surface area contributed by atoms with Crippen molar-refractivity contribution in [1.29, 1.82) is 0 Å². The summed E-state index contributed by atoms with van der Waals surface area (Å²) in [7, 11) is 0. The maximum absolute atomic E-state index is 13.4. The molecule has 0 aromatic heterocycles. The first-order valence-electron chi connectivity index (χ1n) is 9.58. The van der Waals surface area contributed by atoms with Gasteiger partial charge < -0.3 is 10.4 Å². The van der Waals surface area contributed by atoms with Crippen LogP contribution in [0.4, 0.5) is 11.4 Å². The van der Waals surface area contributed by atoms with E-state index < -0.39 is 11.5 Å². The number of anilines is 2. The molecule has 0 aliphatic carbocycles. The van der Waals surface area contributed by atoms with Crippen molar-refractivity contribution in [2.24, 2.45) is 0 Å². The molecule has 30 heavy (non-hydrogen) atoms. The summed E-state index contributed by atoms with van der Waals surface area (Å²) in [6.07, 6.45) is 0. The first kappa shape index (κ1) is 20.1. The van der Waals surface area contributed by atoms with Crippen molar-refractivity contribution in [3.8, 4) is 0 Å². The zero-order valence-corrected chi connectivity index (χ0v) is 17.4. The zero-order chi connectivity index (χ0) is 21.5. The van der Waals surface area contributed by atoms with Crippen LogP contribution in [0.1, 0.15) is 22.3 Å². The van der Waals surface area contributed by atoms with Gasteiger partial charge in [-0.2, -0.15) is 0 Å². The Morgan fingerprint density at radius 1 is 1.07 bits per heavy atom. The van der Waals surface area contributed by atoms with E-state index >= 15 is 0 Å². The molecule has 152 valence electrons. The number of hydrogen-bond donors (Lipinski definition) is 2. The molecule has 3 aromatic carbocycles. The van der Waals surface area contributed by atoms with Gasteiger partial charge in [0.1, 0.15) is 6.54 Å². The van der Waals surface area contributed by atoms with E-state index in [2.05, 4.69) is 5.32 Å². The number of aliphatic hydroxyl groups is 1. The smallest absolute Gasteiger partial charge is 0.268 e. The number of amides is 2. The number of carbonyl (C=O) groups excluding carboxylic acids is 2. The highest BCUT2D eigenvalue weighted by atomic mass is 35.5. The quantitative estimate of drug-likeness (QED) is 0.665. The van der Waals surface area contributed by atoms with Crippen LogP contribution in [0.2, 0.25) is 5.02 Å². The number of benzene rings is 3. The number of rotatable bonds is 4. The summed E-state index contributed by atoms with van der Waals surface area (Å²) < 4.78 is 0. The van der Waals surface area contributed by atoms with Crippen molar-refractivity contribution in [2.45, 2.75) is 19.4 Å². The van der Waals surface area contributed by atoms with Crippen LogP contribution >= 0.6 is 11.6 Å². The predicted octanol–water partition coefficient (Wildman–Crippen LogP) is 4.18. The summed E-state index contributed by atoms with van der Waals surface area (Å²) in [5.74, 6) is -0.927. The maximum Gasteiger partial charge on any atom is 0.268 e. The summed E-state index contributed by atoms with van der Waals surface area (Å²) in [4.78, 5) is 27.5. The van der Waals surface area contributed by atoms with Crippen LogP contribution < -0.4 is 10.2 Å². The standard InChI is InChI=1S/C24H21ClN2O3/c1-15-7-5-11-20(16(15)2)26-22(28)14-27-21-12-4-3-10-19(21)24(30,23(27)29)17-8-6-9-18(25)13-17/h3-13,30H,14H2,1-2H3,(H,26,28)/t24-/m0/s1. The topological polar surface area (TPSA) is 69.6 Å². The van der Waals surface area contributed by atoms with Gasteiger partial charge in [-0.1, -0.05) is 54.1 Å². The molecule has 3 aromatic rings. The van der Waals surface area contributed by atoms with Crippen LogP contribution in [-0.4, -0.2) is 23.5 Å². The second-order valence-electron chi connectivity index (χ2n) is 7.42. The van der Waals surface area contributed by atoms with Gasteiger partial charge in [0.05, 0.1) is 5.69 Å². The lowest BCUT2D eigenvalue weighted by molar-refractivity contribution is -0.133. The van der Waals surface area contributed by atoms with Crippen molar-refractivity contribution < 1.29 is 14.7 Å². The Balaban J connectivity index is 1.67. The Bertz CT molecular complexity index is 1160. The van der Waals surface area contributed by atoms with E-state index in [1.807, 2.05) is 32.0 Å². The largest absolute Gasteiger partial charge is 0.372 e. The van der Waals surface area contributed by atoms with Crippen LogP contribution in [0.3, 0.4) is 0 Å². The molecular formula is C24H21ClN2O3. The van der Waals surface area contributed by atoms with Gasteiger partial charge in [-0.3, -0.25) is 14.5 Å². The summed E-state index contributed by atoms with van der Waals surface area (Å²) in [5.41, 5.74) is 2.12. The first-order chi connectivity index (χ1) is 14.3.